The highest BCUT2D eigenvalue weighted by Crippen LogP contribution is 2.31. The Kier molecular flexibility index (Phi) is 5.65. The Morgan fingerprint density at radius 2 is 1.81 bits per heavy atom. The summed E-state index contributed by atoms with van der Waals surface area (Å²) in [5, 5.41) is 3.39. The lowest BCUT2D eigenvalue weighted by atomic mass is 9.87. The largest absolute Gasteiger partial charge is 0.490 e. The molecule has 1 heterocycles. The van der Waals surface area contributed by atoms with Gasteiger partial charge in [0.05, 0.1) is 16.8 Å². The maximum Gasteiger partial charge on any atom is 0.264 e. The Hall–Kier alpha value is -2.60. The average Bonchev–Trinajstić information content (AvgIpc) is 3.01. The Labute approximate surface area is 163 Å². The highest BCUT2D eigenvalue weighted by molar-refractivity contribution is 7.22. The predicted octanol–water partition coefficient (Wildman–Crippen LogP) is 5.01. The lowest BCUT2D eigenvalue weighted by Crippen LogP contribution is -2.20. The minimum Gasteiger partial charge on any atom is -0.490 e. The van der Waals surface area contributed by atoms with Crippen molar-refractivity contribution < 1.29 is 14.3 Å². The van der Waals surface area contributed by atoms with Crippen molar-refractivity contribution in [1.29, 1.82) is 0 Å². The number of carbonyl (C=O) groups is 1. The number of nitrogens with zero attached hydrogens (tertiary/aromatic N) is 1. The fourth-order valence-electron chi connectivity index (χ4n) is 2.59. The topological polar surface area (TPSA) is 60.5 Å². The first-order chi connectivity index (χ1) is 12.9. The summed E-state index contributed by atoms with van der Waals surface area (Å²) in [5.41, 5.74) is 2.20. The Bertz CT molecular complexity index is 944. The molecule has 0 atom stereocenters. The third-order valence-corrected chi connectivity index (χ3v) is 4.94. The zero-order valence-corrected chi connectivity index (χ0v) is 16.9. The van der Waals surface area contributed by atoms with Crippen LogP contribution in [0.25, 0.3) is 10.2 Å². The number of benzene rings is 2. The maximum absolute atomic E-state index is 12.2. The van der Waals surface area contributed by atoms with Crippen LogP contribution in [0.2, 0.25) is 0 Å². The number of hydrogen-bond acceptors (Lipinski definition) is 5. The van der Waals surface area contributed by atoms with Gasteiger partial charge >= 0.3 is 0 Å². The van der Waals surface area contributed by atoms with Gasteiger partial charge in [0.1, 0.15) is 0 Å². The second kappa shape index (κ2) is 7.96. The van der Waals surface area contributed by atoms with Crippen molar-refractivity contribution in [2.45, 2.75) is 33.1 Å². The van der Waals surface area contributed by atoms with Crippen LogP contribution in [-0.4, -0.2) is 24.1 Å². The van der Waals surface area contributed by atoms with Gasteiger partial charge in [-0.3, -0.25) is 10.1 Å². The van der Waals surface area contributed by atoms with Crippen LogP contribution in [-0.2, 0) is 10.2 Å². The standard InChI is InChI=1S/C21H24N2O3S/c1-5-25-16-8-6-7-9-17(16)26-13-19(24)23-20-22-15-11-10-14(21(2,3)4)12-18(15)27-20/h6-12H,5,13H2,1-4H3,(H,22,23,24). The monoisotopic (exact) mass is 384 g/mol. The van der Waals surface area contributed by atoms with Gasteiger partial charge in [-0.2, -0.15) is 0 Å². The molecule has 5 nitrogen and oxygen atoms in total. The number of ether oxygens (including phenoxy) is 2. The molecular formula is C21H24N2O3S. The SMILES string of the molecule is CCOc1ccccc1OCC(=O)Nc1nc2ccc(C(C)(C)C)cc2s1. The van der Waals surface area contributed by atoms with Gasteiger partial charge in [0.2, 0.25) is 0 Å². The Morgan fingerprint density at radius 1 is 1.11 bits per heavy atom. The molecule has 1 N–H and O–H groups in total. The molecule has 0 spiro atoms. The lowest BCUT2D eigenvalue weighted by molar-refractivity contribution is -0.118. The fraction of sp³-hybridized carbons (Fsp3) is 0.333. The number of amides is 1. The Morgan fingerprint density at radius 3 is 2.48 bits per heavy atom. The molecule has 3 aromatic rings. The lowest BCUT2D eigenvalue weighted by Gasteiger charge is -2.18. The first-order valence-corrected chi connectivity index (χ1v) is 9.74. The van der Waals surface area contributed by atoms with E-state index in [1.165, 1.54) is 16.9 Å². The molecule has 3 rings (SSSR count). The van der Waals surface area contributed by atoms with Gasteiger partial charge in [0, 0.05) is 0 Å². The zero-order chi connectivity index (χ0) is 19.4. The van der Waals surface area contributed by atoms with Crippen LogP contribution in [0.15, 0.2) is 42.5 Å². The van der Waals surface area contributed by atoms with Crippen molar-refractivity contribution in [3.63, 3.8) is 0 Å². The van der Waals surface area contributed by atoms with E-state index in [1.807, 2.05) is 31.2 Å². The van der Waals surface area contributed by atoms with E-state index in [1.54, 1.807) is 6.07 Å². The number of nitrogens with one attached hydrogen (secondary N) is 1. The van der Waals surface area contributed by atoms with E-state index in [0.29, 0.717) is 23.2 Å². The summed E-state index contributed by atoms with van der Waals surface area (Å²) in [6.07, 6.45) is 0. The van der Waals surface area contributed by atoms with Crippen LogP contribution in [0.1, 0.15) is 33.3 Å². The quantitative estimate of drug-likeness (QED) is 0.649. The van der Waals surface area contributed by atoms with Gasteiger partial charge in [-0.05, 0) is 42.2 Å². The summed E-state index contributed by atoms with van der Waals surface area (Å²) in [5.74, 6) is 0.924. The first kappa shape index (κ1) is 19.2. The second-order valence-electron chi connectivity index (χ2n) is 7.17. The molecular weight excluding hydrogens is 360 g/mol. The molecule has 0 radical (unpaired) electrons. The van der Waals surface area contributed by atoms with Crippen LogP contribution in [0, 0.1) is 0 Å². The van der Waals surface area contributed by atoms with Crippen LogP contribution >= 0.6 is 11.3 Å². The molecule has 0 saturated carbocycles. The summed E-state index contributed by atoms with van der Waals surface area (Å²) >= 11 is 1.47. The third-order valence-electron chi connectivity index (χ3n) is 4.01. The predicted molar refractivity (Wildman–Crippen MR) is 110 cm³/mol. The molecule has 0 aliphatic rings. The van der Waals surface area contributed by atoms with Crippen LogP contribution < -0.4 is 14.8 Å². The minimum absolute atomic E-state index is 0.0728. The van der Waals surface area contributed by atoms with E-state index in [0.717, 1.165) is 10.2 Å². The third kappa shape index (κ3) is 4.77. The normalized spacial score (nSPS) is 11.4. The number of rotatable bonds is 6. The second-order valence-corrected chi connectivity index (χ2v) is 8.20. The summed E-state index contributed by atoms with van der Waals surface area (Å²) in [6, 6.07) is 13.5. The van der Waals surface area contributed by atoms with Crippen molar-refractivity contribution >= 4 is 32.6 Å². The summed E-state index contributed by atoms with van der Waals surface area (Å²) in [4.78, 5) is 16.7. The number of anilines is 1. The molecule has 0 aliphatic carbocycles. The number of para-hydroxylation sites is 2. The van der Waals surface area contributed by atoms with Crippen molar-refractivity contribution in [1.82, 2.24) is 4.98 Å². The molecule has 0 aliphatic heterocycles. The van der Waals surface area contributed by atoms with Crippen molar-refractivity contribution in [3.8, 4) is 11.5 Å². The molecule has 0 bridgehead atoms. The van der Waals surface area contributed by atoms with Gasteiger partial charge in [0.15, 0.2) is 23.2 Å². The zero-order valence-electron chi connectivity index (χ0n) is 16.0. The summed E-state index contributed by atoms with van der Waals surface area (Å²) in [7, 11) is 0. The number of fused-ring (bicyclic) bond motifs is 1. The van der Waals surface area contributed by atoms with Gasteiger partial charge in [-0.1, -0.05) is 50.3 Å². The van der Waals surface area contributed by atoms with Crippen LogP contribution in [0.5, 0.6) is 11.5 Å². The van der Waals surface area contributed by atoms with Gasteiger partial charge in [-0.25, -0.2) is 4.98 Å². The Balaban J connectivity index is 1.66. The number of carbonyl (C=O) groups excluding carboxylic acids is 1. The van der Waals surface area contributed by atoms with E-state index in [4.69, 9.17) is 9.47 Å². The fourth-order valence-corrected chi connectivity index (χ4v) is 3.51. The van der Waals surface area contributed by atoms with Gasteiger partial charge < -0.3 is 9.47 Å². The number of hydrogen-bond donors (Lipinski definition) is 1. The molecule has 142 valence electrons. The van der Waals surface area contributed by atoms with Crippen LogP contribution in [0.4, 0.5) is 5.13 Å². The molecule has 27 heavy (non-hydrogen) atoms. The molecule has 0 saturated heterocycles. The van der Waals surface area contributed by atoms with Gasteiger partial charge in [-0.15, -0.1) is 0 Å². The molecule has 0 fully saturated rings. The number of aromatic nitrogens is 1. The molecule has 2 aromatic carbocycles. The molecule has 0 unspecified atom stereocenters. The minimum atomic E-state index is -0.253. The smallest absolute Gasteiger partial charge is 0.264 e. The van der Waals surface area contributed by atoms with E-state index in [9.17, 15) is 4.79 Å². The van der Waals surface area contributed by atoms with E-state index in [2.05, 4.69) is 43.2 Å². The molecule has 1 amide bonds. The van der Waals surface area contributed by atoms with Gasteiger partial charge in [0.25, 0.3) is 5.91 Å². The summed E-state index contributed by atoms with van der Waals surface area (Å²) < 4.78 is 12.2. The van der Waals surface area contributed by atoms with Crippen molar-refractivity contribution in [3.05, 3.63) is 48.0 Å². The van der Waals surface area contributed by atoms with Crippen LogP contribution in [0.3, 0.4) is 0 Å². The molecule has 1 aromatic heterocycles. The van der Waals surface area contributed by atoms with Crippen molar-refractivity contribution in [2.24, 2.45) is 0 Å². The highest BCUT2D eigenvalue weighted by Gasteiger charge is 2.16. The first-order valence-electron chi connectivity index (χ1n) is 8.92. The van der Waals surface area contributed by atoms with Crippen molar-refractivity contribution in [2.75, 3.05) is 18.5 Å². The number of thiazole rings is 1. The highest BCUT2D eigenvalue weighted by atomic mass is 32.1. The maximum atomic E-state index is 12.2. The molecule has 6 heteroatoms. The van der Waals surface area contributed by atoms with E-state index in [-0.39, 0.29) is 17.9 Å². The van der Waals surface area contributed by atoms with E-state index >= 15 is 0 Å². The average molecular weight is 385 g/mol. The van der Waals surface area contributed by atoms with E-state index < -0.39 is 0 Å². The summed E-state index contributed by atoms with van der Waals surface area (Å²) in [6.45, 7) is 8.86.